The number of hydrogen-bond acceptors (Lipinski definition) is 5. The zero-order valence-electron chi connectivity index (χ0n) is 12.9. The first-order valence-corrected chi connectivity index (χ1v) is 8.52. The van der Waals surface area contributed by atoms with Crippen molar-refractivity contribution in [3.05, 3.63) is 59.9 Å². The van der Waals surface area contributed by atoms with Crippen LogP contribution in [-0.4, -0.2) is 30.5 Å². The van der Waals surface area contributed by atoms with Gasteiger partial charge >= 0.3 is 0 Å². The largest absolute Gasteiger partial charge is 0.288 e. The van der Waals surface area contributed by atoms with Crippen molar-refractivity contribution >= 4 is 11.8 Å². The molecule has 0 bridgehead atoms. The molecular formula is C17H17N5S. The Morgan fingerprint density at radius 1 is 1.13 bits per heavy atom. The molecule has 4 rings (SSSR count). The van der Waals surface area contributed by atoms with Crippen LogP contribution in [0.2, 0.25) is 0 Å². The summed E-state index contributed by atoms with van der Waals surface area (Å²) >= 11 is 1.74. The van der Waals surface area contributed by atoms with E-state index >= 15 is 0 Å². The van der Waals surface area contributed by atoms with Crippen molar-refractivity contribution in [3.8, 4) is 11.4 Å². The van der Waals surface area contributed by atoms with E-state index in [0.29, 0.717) is 0 Å². The molecule has 116 valence electrons. The highest BCUT2D eigenvalue weighted by Crippen LogP contribution is 2.29. The van der Waals surface area contributed by atoms with Gasteiger partial charge in [-0.05, 0) is 30.7 Å². The van der Waals surface area contributed by atoms with Crippen molar-refractivity contribution < 1.29 is 0 Å². The highest BCUT2D eigenvalue weighted by Gasteiger charge is 2.22. The summed E-state index contributed by atoms with van der Waals surface area (Å²) in [5, 5.41) is 9.74. The molecule has 0 N–H and O–H groups in total. The smallest absolute Gasteiger partial charge is 0.193 e. The third kappa shape index (κ3) is 3.00. The normalized spacial score (nSPS) is 14.7. The molecule has 6 heteroatoms. The molecule has 0 radical (unpaired) electrons. The summed E-state index contributed by atoms with van der Waals surface area (Å²) in [6.45, 7) is 3.81. The van der Waals surface area contributed by atoms with E-state index < -0.39 is 0 Å². The molecule has 0 saturated heterocycles. The Morgan fingerprint density at radius 2 is 2.00 bits per heavy atom. The van der Waals surface area contributed by atoms with Gasteiger partial charge in [0.1, 0.15) is 0 Å². The Hall–Kier alpha value is -2.18. The van der Waals surface area contributed by atoms with Gasteiger partial charge in [0, 0.05) is 24.5 Å². The monoisotopic (exact) mass is 323 g/mol. The summed E-state index contributed by atoms with van der Waals surface area (Å²) in [5.41, 5.74) is 3.63. The molecule has 5 nitrogen and oxygen atoms in total. The lowest BCUT2D eigenvalue weighted by Gasteiger charge is -2.27. The summed E-state index contributed by atoms with van der Waals surface area (Å²) in [7, 11) is 0. The van der Waals surface area contributed by atoms with Crippen LogP contribution >= 0.6 is 11.8 Å². The van der Waals surface area contributed by atoms with Gasteiger partial charge < -0.3 is 0 Å². The molecule has 0 fully saturated rings. The summed E-state index contributed by atoms with van der Waals surface area (Å²) < 4.78 is 2.20. The van der Waals surface area contributed by atoms with Crippen molar-refractivity contribution in [2.24, 2.45) is 0 Å². The van der Waals surface area contributed by atoms with Crippen LogP contribution in [0.1, 0.15) is 11.1 Å². The number of aryl methyl sites for hydroxylation is 1. The lowest BCUT2D eigenvalue weighted by atomic mass is 10.1. The van der Waals surface area contributed by atoms with Crippen molar-refractivity contribution in [1.29, 1.82) is 0 Å². The predicted octanol–water partition coefficient (Wildman–Crippen LogP) is 3.17. The van der Waals surface area contributed by atoms with Crippen molar-refractivity contribution in [2.75, 3.05) is 5.88 Å². The van der Waals surface area contributed by atoms with Gasteiger partial charge in [-0.25, -0.2) is 0 Å². The van der Waals surface area contributed by atoms with Crippen molar-refractivity contribution in [3.63, 3.8) is 0 Å². The van der Waals surface area contributed by atoms with E-state index in [9.17, 15) is 0 Å². The highest BCUT2D eigenvalue weighted by atomic mass is 32.2. The maximum Gasteiger partial charge on any atom is 0.193 e. The minimum atomic E-state index is 0.806. The summed E-state index contributed by atoms with van der Waals surface area (Å²) in [6, 6.07) is 12.5. The third-order valence-electron chi connectivity index (χ3n) is 3.87. The second-order valence-corrected chi connectivity index (χ2v) is 6.61. The average Bonchev–Trinajstić information content (AvgIpc) is 2.99. The van der Waals surface area contributed by atoms with Gasteiger partial charge in [0.2, 0.25) is 0 Å². The van der Waals surface area contributed by atoms with E-state index in [1.54, 1.807) is 11.8 Å². The molecule has 0 spiro atoms. The number of hydrogen-bond donors (Lipinski definition) is 0. The van der Waals surface area contributed by atoms with Crippen molar-refractivity contribution in [2.45, 2.75) is 25.3 Å². The number of rotatable bonds is 3. The van der Waals surface area contributed by atoms with Gasteiger partial charge in [-0.1, -0.05) is 35.5 Å². The van der Waals surface area contributed by atoms with Crippen LogP contribution in [-0.2, 0) is 13.2 Å². The molecule has 3 heterocycles. The lowest BCUT2D eigenvalue weighted by molar-refractivity contribution is 0.231. The Kier molecular flexibility index (Phi) is 3.85. The fourth-order valence-corrected chi connectivity index (χ4v) is 3.62. The molecule has 0 atom stereocenters. The van der Waals surface area contributed by atoms with E-state index in [0.717, 1.165) is 35.6 Å². The summed E-state index contributed by atoms with van der Waals surface area (Å²) in [6.07, 6.45) is 3.68. The second kappa shape index (κ2) is 6.14. The predicted molar refractivity (Wildman–Crippen MR) is 90.7 cm³/mol. The summed E-state index contributed by atoms with van der Waals surface area (Å²) in [5.74, 6) is 1.87. The first-order valence-electron chi connectivity index (χ1n) is 7.54. The quantitative estimate of drug-likeness (QED) is 0.741. The minimum absolute atomic E-state index is 0.806. The number of aromatic nitrogens is 4. The first-order chi connectivity index (χ1) is 11.3. The zero-order valence-corrected chi connectivity index (χ0v) is 13.7. The van der Waals surface area contributed by atoms with Gasteiger partial charge in [0.05, 0.1) is 12.5 Å². The molecule has 0 amide bonds. The molecule has 2 aromatic heterocycles. The number of benzene rings is 1. The van der Waals surface area contributed by atoms with Crippen LogP contribution in [0.5, 0.6) is 0 Å². The van der Waals surface area contributed by atoms with Crippen LogP contribution in [0.4, 0.5) is 0 Å². The van der Waals surface area contributed by atoms with E-state index in [-0.39, 0.29) is 0 Å². The highest BCUT2D eigenvalue weighted by molar-refractivity contribution is 7.99. The number of pyridine rings is 1. The van der Waals surface area contributed by atoms with E-state index in [1.807, 2.05) is 12.4 Å². The Labute approximate surface area is 139 Å². The van der Waals surface area contributed by atoms with Crippen LogP contribution in [0.25, 0.3) is 11.4 Å². The van der Waals surface area contributed by atoms with Gasteiger partial charge in [0.15, 0.2) is 11.0 Å². The fourth-order valence-electron chi connectivity index (χ4n) is 2.75. The number of thioether (sulfide) groups is 1. The SMILES string of the molecule is Cc1cccc(-c2nnc3n2CN(Cc2ccncc2)CS3)c1. The minimum Gasteiger partial charge on any atom is -0.288 e. The molecule has 3 aromatic rings. The lowest BCUT2D eigenvalue weighted by Crippen LogP contribution is -2.30. The maximum atomic E-state index is 4.41. The molecule has 1 aliphatic heterocycles. The van der Waals surface area contributed by atoms with Gasteiger partial charge in [-0.2, -0.15) is 0 Å². The topological polar surface area (TPSA) is 46.8 Å². The zero-order chi connectivity index (χ0) is 15.6. The fraction of sp³-hybridized carbons (Fsp3) is 0.235. The average molecular weight is 323 g/mol. The van der Waals surface area contributed by atoms with E-state index in [1.165, 1.54) is 11.1 Å². The molecule has 1 aliphatic rings. The van der Waals surface area contributed by atoms with Crippen LogP contribution < -0.4 is 0 Å². The van der Waals surface area contributed by atoms with Crippen LogP contribution in [0.15, 0.2) is 53.9 Å². The van der Waals surface area contributed by atoms with Crippen molar-refractivity contribution in [1.82, 2.24) is 24.6 Å². The number of fused-ring (bicyclic) bond motifs is 1. The van der Waals surface area contributed by atoms with Crippen LogP contribution in [0.3, 0.4) is 0 Å². The molecule has 0 aliphatic carbocycles. The molecule has 23 heavy (non-hydrogen) atoms. The maximum absolute atomic E-state index is 4.41. The third-order valence-corrected chi connectivity index (χ3v) is 4.92. The second-order valence-electron chi connectivity index (χ2n) is 5.70. The standard InChI is InChI=1S/C17H17N5S/c1-13-3-2-4-15(9-13)16-19-20-17-22(16)11-21(12-23-17)10-14-5-7-18-8-6-14/h2-9H,10-12H2,1H3. The van der Waals surface area contributed by atoms with Gasteiger partial charge in [-0.15, -0.1) is 10.2 Å². The molecule has 1 aromatic carbocycles. The molecule has 0 saturated carbocycles. The summed E-state index contributed by atoms with van der Waals surface area (Å²) in [4.78, 5) is 6.46. The van der Waals surface area contributed by atoms with E-state index in [2.05, 4.69) is 68.0 Å². The first kappa shape index (κ1) is 14.4. The van der Waals surface area contributed by atoms with Crippen LogP contribution in [0, 0.1) is 6.92 Å². The van der Waals surface area contributed by atoms with Gasteiger partial charge in [0.25, 0.3) is 0 Å². The molecule has 0 unspecified atom stereocenters. The Morgan fingerprint density at radius 3 is 2.83 bits per heavy atom. The molecular weight excluding hydrogens is 306 g/mol. The Balaban J connectivity index is 1.60. The van der Waals surface area contributed by atoms with Gasteiger partial charge in [-0.3, -0.25) is 14.5 Å². The number of nitrogens with zero attached hydrogens (tertiary/aromatic N) is 5. The Bertz CT molecular complexity index is 815. The van der Waals surface area contributed by atoms with E-state index in [4.69, 9.17) is 0 Å².